The van der Waals surface area contributed by atoms with Crippen molar-refractivity contribution in [3.8, 4) is 0 Å². The van der Waals surface area contributed by atoms with Gasteiger partial charge in [0.25, 0.3) is 0 Å². The lowest BCUT2D eigenvalue weighted by Gasteiger charge is -2.44. The highest BCUT2D eigenvalue weighted by Crippen LogP contribution is 2.23. The van der Waals surface area contributed by atoms with Crippen molar-refractivity contribution in [1.29, 1.82) is 0 Å². The van der Waals surface area contributed by atoms with Crippen LogP contribution in [0.3, 0.4) is 0 Å². The van der Waals surface area contributed by atoms with Crippen LogP contribution in [0.25, 0.3) is 0 Å². The molecule has 0 aromatic carbocycles. The highest BCUT2D eigenvalue weighted by molar-refractivity contribution is 6.00. The van der Waals surface area contributed by atoms with Crippen molar-refractivity contribution in [2.75, 3.05) is 26.2 Å². The van der Waals surface area contributed by atoms with Gasteiger partial charge in [-0.05, 0) is 26.8 Å². The Balaban J connectivity index is 1.71. The van der Waals surface area contributed by atoms with E-state index in [1.165, 1.54) is 0 Å². The van der Waals surface area contributed by atoms with Crippen molar-refractivity contribution < 1.29 is 9.53 Å². The largest absolute Gasteiger partial charge is 0.444 e. The van der Waals surface area contributed by atoms with E-state index in [-0.39, 0.29) is 12.3 Å². The molecule has 114 valence electrons. The molecular weight excluding hydrogens is 268 g/mol. The van der Waals surface area contributed by atoms with E-state index in [1.807, 2.05) is 27.0 Å². The first-order valence-corrected chi connectivity index (χ1v) is 7.35. The summed E-state index contributed by atoms with van der Waals surface area (Å²) in [7, 11) is 0. The molecule has 0 aliphatic carbocycles. The molecule has 0 bridgehead atoms. The number of fused-ring (bicyclic) bond motifs is 3. The number of nitrogens with one attached hydrogen (secondary N) is 1. The third kappa shape index (κ3) is 2.95. The van der Waals surface area contributed by atoms with Gasteiger partial charge in [0.15, 0.2) is 0 Å². The van der Waals surface area contributed by atoms with E-state index in [2.05, 4.69) is 27.4 Å². The Hall–Kier alpha value is -1.82. The maximum Gasteiger partial charge on any atom is 0.410 e. The summed E-state index contributed by atoms with van der Waals surface area (Å²) in [4.78, 5) is 20.7. The maximum atomic E-state index is 12.2. The van der Waals surface area contributed by atoms with E-state index in [0.29, 0.717) is 13.1 Å². The van der Waals surface area contributed by atoms with Crippen LogP contribution in [-0.4, -0.2) is 59.6 Å². The van der Waals surface area contributed by atoms with Crippen molar-refractivity contribution in [3.63, 3.8) is 0 Å². The second-order valence-electron chi connectivity index (χ2n) is 6.48. The predicted octanol–water partition coefficient (Wildman–Crippen LogP) is 1.32. The molecule has 6 heteroatoms. The number of hydrogen-bond acceptors (Lipinski definition) is 5. The zero-order valence-electron chi connectivity index (χ0n) is 12.8. The van der Waals surface area contributed by atoms with E-state index in [9.17, 15) is 4.79 Å². The molecule has 1 unspecified atom stereocenters. The zero-order valence-corrected chi connectivity index (χ0v) is 12.8. The van der Waals surface area contributed by atoms with Gasteiger partial charge >= 0.3 is 6.09 Å². The summed E-state index contributed by atoms with van der Waals surface area (Å²) in [6.45, 7) is 8.51. The van der Waals surface area contributed by atoms with E-state index < -0.39 is 5.60 Å². The molecule has 0 spiro atoms. The van der Waals surface area contributed by atoms with Crippen LogP contribution in [-0.2, 0) is 4.74 Å². The summed E-state index contributed by atoms with van der Waals surface area (Å²) in [6.07, 6.45) is 5.88. The molecule has 1 amide bonds. The summed E-state index contributed by atoms with van der Waals surface area (Å²) in [6, 6.07) is 0. The van der Waals surface area contributed by atoms with Crippen LogP contribution >= 0.6 is 0 Å². The molecule has 1 fully saturated rings. The Bertz CT molecular complexity index is 530. The van der Waals surface area contributed by atoms with Gasteiger partial charge in [0.1, 0.15) is 11.8 Å². The first-order valence-electron chi connectivity index (χ1n) is 7.35. The SMILES string of the molecule is CC(C)(C)OC(=O)N1CCN2C(=CN=C3C=CCNC32)C1. The van der Waals surface area contributed by atoms with Crippen LogP contribution in [0.2, 0.25) is 0 Å². The van der Waals surface area contributed by atoms with Crippen molar-refractivity contribution in [2.45, 2.75) is 32.5 Å². The molecule has 0 radical (unpaired) electrons. The van der Waals surface area contributed by atoms with Crippen LogP contribution < -0.4 is 5.32 Å². The molecule has 3 heterocycles. The van der Waals surface area contributed by atoms with Crippen LogP contribution in [0.15, 0.2) is 29.0 Å². The standard InChI is InChI=1S/C15H22N4O2/c1-15(2,3)21-14(20)18-7-8-19-11(10-18)9-17-12-5-4-6-16-13(12)19/h4-5,9,13,16H,6-8,10H2,1-3H3. The number of aliphatic imine (C=N–C) groups is 1. The minimum atomic E-state index is -0.462. The third-order valence-electron chi connectivity index (χ3n) is 3.66. The third-order valence-corrected chi connectivity index (χ3v) is 3.66. The molecule has 1 N–H and O–H groups in total. The number of piperazine rings is 1. The Morgan fingerprint density at radius 1 is 1.43 bits per heavy atom. The summed E-state index contributed by atoms with van der Waals surface area (Å²) >= 11 is 0. The smallest absolute Gasteiger partial charge is 0.410 e. The Kier molecular flexibility index (Phi) is 3.49. The molecule has 3 rings (SSSR count). The minimum absolute atomic E-state index is 0.135. The minimum Gasteiger partial charge on any atom is -0.444 e. The fraction of sp³-hybridized carbons (Fsp3) is 0.600. The number of carbonyl (C=O) groups is 1. The molecule has 0 saturated carbocycles. The van der Waals surface area contributed by atoms with Gasteiger partial charge in [-0.3, -0.25) is 10.3 Å². The van der Waals surface area contributed by atoms with E-state index in [4.69, 9.17) is 4.74 Å². The first kappa shape index (κ1) is 14.1. The summed E-state index contributed by atoms with van der Waals surface area (Å²) in [5, 5.41) is 3.44. The normalized spacial score (nSPS) is 24.8. The van der Waals surface area contributed by atoms with Crippen LogP contribution in [0, 0.1) is 0 Å². The number of amides is 1. The van der Waals surface area contributed by atoms with Crippen molar-refractivity contribution in [2.24, 2.45) is 4.99 Å². The number of carbonyl (C=O) groups excluding carboxylic acids is 1. The van der Waals surface area contributed by atoms with Gasteiger partial charge in [-0.1, -0.05) is 6.08 Å². The van der Waals surface area contributed by atoms with E-state index in [1.54, 1.807) is 4.90 Å². The average Bonchev–Trinajstić information content (AvgIpc) is 2.44. The van der Waals surface area contributed by atoms with E-state index in [0.717, 1.165) is 24.5 Å². The molecule has 1 atom stereocenters. The Labute approximate surface area is 125 Å². The highest BCUT2D eigenvalue weighted by Gasteiger charge is 2.34. The first-order chi connectivity index (χ1) is 9.94. The lowest BCUT2D eigenvalue weighted by Crippen LogP contribution is -2.59. The van der Waals surface area contributed by atoms with Gasteiger partial charge in [0.05, 0.1) is 18.0 Å². The maximum absolute atomic E-state index is 12.2. The number of nitrogens with zero attached hydrogens (tertiary/aromatic N) is 3. The van der Waals surface area contributed by atoms with E-state index >= 15 is 0 Å². The molecule has 1 saturated heterocycles. The molecule has 0 aromatic heterocycles. The summed E-state index contributed by atoms with van der Waals surface area (Å²) in [5.41, 5.74) is 1.63. The fourth-order valence-corrected chi connectivity index (χ4v) is 2.72. The number of rotatable bonds is 0. The molecule has 0 aromatic rings. The monoisotopic (exact) mass is 290 g/mol. The molecule has 3 aliphatic rings. The van der Waals surface area contributed by atoms with Gasteiger partial charge in [-0.25, -0.2) is 4.79 Å². The highest BCUT2D eigenvalue weighted by atomic mass is 16.6. The second-order valence-corrected chi connectivity index (χ2v) is 6.48. The lowest BCUT2D eigenvalue weighted by atomic mass is 10.1. The van der Waals surface area contributed by atoms with Crippen LogP contribution in [0.4, 0.5) is 4.79 Å². The molecule has 3 aliphatic heterocycles. The van der Waals surface area contributed by atoms with Crippen LogP contribution in [0.5, 0.6) is 0 Å². The summed E-state index contributed by atoms with van der Waals surface area (Å²) in [5.74, 6) is 0. The van der Waals surface area contributed by atoms with Crippen molar-refractivity contribution in [1.82, 2.24) is 15.1 Å². The second kappa shape index (κ2) is 5.18. The topological polar surface area (TPSA) is 57.2 Å². The van der Waals surface area contributed by atoms with Gasteiger partial charge in [0.2, 0.25) is 0 Å². The Morgan fingerprint density at radius 2 is 2.24 bits per heavy atom. The van der Waals surface area contributed by atoms with Gasteiger partial charge in [-0.15, -0.1) is 0 Å². The lowest BCUT2D eigenvalue weighted by molar-refractivity contribution is 0.0181. The summed E-state index contributed by atoms with van der Waals surface area (Å²) < 4.78 is 5.44. The fourth-order valence-electron chi connectivity index (χ4n) is 2.72. The molecule has 6 nitrogen and oxygen atoms in total. The van der Waals surface area contributed by atoms with Gasteiger partial charge in [0, 0.05) is 25.8 Å². The number of hydrogen-bond donors (Lipinski definition) is 1. The zero-order chi connectivity index (χ0) is 15.0. The predicted molar refractivity (Wildman–Crippen MR) is 81.0 cm³/mol. The van der Waals surface area contributed by atoms with Gasteiger partial charge < -0.3 is 14.5 Å². The van der Waals surface area contributed by atoms with Gasteiger partial charge in [-0.2, -0.15) is 0 Å². The Morgan fingerprint density at radius 3 is 3.00 bits per heavy atom. The molecule has 21 heavy (non-hydrogen) atoms. The van der Waals surface area contributed by atoms with Crippen molar-refractivity contribution in [3.05, 3.63) is 24.0 Å². The number of ether oxygens (including phenoxy) is 1. The molecular formula is C15H22N4O2. The quantitative estimate of drug-likeness (QED) is 0.731. The van der Waals surface area contributed by atoms with Crippen LogP contribution in [0.1, 0.15) is 20.8 Å². The average molecular weight is 290 g/mol. The van der Waals surface area contributed by atoms with Crippen molar-refractivity contribution >= 4 is 11.8 Å².